The number of benzene rings is 2. The molecule has 0 aliphatic heterocycles. The first-order valence-corrected chi connectivity index (χ1v) is 12.7. The molecule has 4 aromatic rings. The van der Waals surface area contributed by atoms with Crippen LogP contribution in [-0.4, -0.2) is 43.8 Å². The summed E-state index contributed by atoms with van der Waals surface area (Å²) in [5, 5.41) is 13.6. The van der Waals surface area contributed by atoms with E-state index in [2.05, 4.69) is 53.1 Å². The van der Waals surface area contributed by atoms with Crippen LogP contribution in [0.1, 0.15) is 64.0 Å². The summed E-state index contributed by atoms with van der Waals surface area (Å²) in [6, 6.07) is 15.6. The average Bonchev–Trinajstić information content (AvgIpc) is 3.36. The number of aromatic nitrogens is 5. The van der Waals surface area contributed by atoms with E-state index in [4.69, 9.17) is 9.47 Å². The maximum Gasteiger partial charge on any atom is 0.252 e. The third-order valence-electron chi connectivity index (χ3n) is 6.38. The standard InChI is InChI=1S/C28H36N6O3/c1-7-25(26-30-31-32-34(26)28(3,4)5)33(17-19-9-11-22(36-6)12-10-19)18-21-15-20-16-23(37-8-2)13-14-24(20)29-27(21)35/h9-16,25H,7-8,17-18H2,1-6H3,(H,29,35)/t25-/m0/s1. The predicted molar refractivity (Wildman–Crippen MR) is 144 cm³/mol. The monoisotopic (exact) mass is 504 g/mol. The molecular weight excluding hydrogens is 468 g/mol. The maximum atomic E-state index is 13.2. The van der Waals surface area contributed by atoms with Crippen molar-refractivity contribution in [1.82, 2.24) is 30.1 Å². The van der Waals surface area contributed by atoms with Crippen LogP contribution in [0.5, 0.6) is 11.5 Å². The van der Waals surface area contributed by atoms with Crippen molar-refractivity contribution in [2.24, 2.45) is 0 Å². The molecule has 4 rings (SSSR count). The lowest BCUT2D eigenvalue weighted by molar-refractivity contribution is 0.153. The van der Waals surface area contributed by atoms with E-state index in [1.54, 1.807) is 7.11 Å². The number of nitrogens with zero attached hydrogens (tertiary/aromatic N) is 5. The molecule has 9 heteroatoms. The number of rotatable bonds is 10. The highest BCUT2D eigenvalue weighted by Crippen LogP contribution is 2.29. The molecule has 2 heterocycles. The third-order valence-corrected chi connectivity index (χ3v) is 6.38. The Bertz CT molecular complexity index is 1390. The summed E-state index contributed by atoms with van der Waals surface area (Å²) in [5.74, 6) is 2.35. The van der Waals surface area contributed by atoms with Crippen LogP contribution in [0.25, 0.3) is 10.9 Å². The smallest absolute Gasteiger partial charge is 0.252 e. The van der Waals surface area contributed by atoms with E-state index in [0.29, 0.717) is 25.3 Å². The van der Waals surface area contributed by atoms with E-state index >= 15 is 0 Å². The molecule has 37 heavy (non-hydrogen) atoms. The van der Waals surface area contributed by atoms with Crippen LogP contribution in [0, 0.1) is 0 Å². The van der Waals surface area contributed by atoms with Gasteiger partial charge in [0.1, 0.15) is 11.5 Å². The topological polar surface area (TPSA) is 98.2 Å². The van der Waals surface area contributed by atoms with Gasteiger partial charge in [0.05, 0.1) is 25.3 Å². The molecule has 0 amide bonds. The fraction of sp³-hybridized carbons (Fsp3) is 0.429. The summed E-state index contributed by atoms with van der Waals surface area (Å²) in [7, 11) is 1.66. The van der Waals surface area contributed by atoms with E-state index < -0.39 is 0 Å². The number of tetrazole rings is 1. The SMILES string of the molecule is CCOc1ccc2[nH]c(=O)c(CN(Cc3ccc(OC)cc3)[C@@H](CC)c3nnnn3C(C)(C)C)cc2c1. The highest BCUT2D eigenvalue weighted by atomic mass is 16.5. The molecule has 0 radical (unpaired) electrons. The van der Waals surface area contributed by atoms with Gasteiger partial charge in [0.15, 0.2) is 5.82 Å². The van der Waals surface area contributed by atoms with Crippen LogP contribution in [-0.2, 0) is 18.6 Å². The number of H-pyrrole nitrogens is 1. The van der Waals surface area contributed by atoms with Crippen molar-refractivity contribution < 1.29 is 9.47 Å². The van der Waals surface area contributed by atoms with Crippen molar-refractivity contribution in [1.29, 1.82) is 0 Å². The molecule has 0 fully saturated rings. The number of hydrogen-bond acceptors (Lipinski definition) is 7. The minimum Gasteiger partial charge on any atom is -0.497 e. The third kappa shape index (κ3) is 5.99. The summed E-state index contributed by atoms with van der Waals surface area (Å²) in [5.41, 5.74) is 2.16. The molecule has 9 nitrogen and oxygen atoms in total. The largest absolute Gasteiger partial charge is 0.497 e. The van der Waals surface area contributed by atoms with E-state index in [9.17, 15) is 4.79 Å². The minimum atomic E-state index is -0.284. The van der Waals surface area contributed by atoms with Gasteiger partial charge in [-0.3, -0.25) is 9.69 Å². The first-order chi connectivity index (χ1) is 17.7. The molecule has 0 saturated heterocycles. The Morgan fingerprint density at radius 1 is 1.03 bits per heavy atom. The zero-order valence-corrected chi connectivity index (χ0v) is 22.5. The Balaban J connectivity index is 1.76. The minimum absolute atomic E-state index is 0.110. The Labute approximate surface area is 217 Å². The van der Waals surface area contributed by atoms with Gasteiger partial charge in [0, 0.05) is 29.6 Å². The number of fused-ring (bicyclic) bond motifs is 1. The second-order valence-corrected chi connectivity index (χ2v) is 10.1. The van der Waals surface area contributed by atoms with Gasteiger partial charge < -0.3 is 14.5 Å². The second kappa shape index (κ2) is 11.1. The van der Waals surface area contributed by atoms with Gasteiger partial charge in [-0.15, -0.1) is 5.10 Å². The molecule has 0 aliphatic rings. The first-order valence-electron chi connectivity index (χ1n) is 12.7. The highest BCUT2D eigenvalue weighted by Gasteiger charge is 2.29. The fourth-order valence-corrected chi connectivity index (χ4v) is 4.55. The molecule has 1 N–H and O–H groups in total. The van der Waals surface area contributed by atoms with Crippen LogP contribution in [0.4, 0.5) is 0 Å². The van der Waals surface area contributed by atoms with E-state index in [0.717, 1.165) is 40.2 Å². The zero-order valence-electron chi connectivity index (χ0n) is 22.5. The van der Waals surface area contributed by atoms with E-state index in [1.165, 1.54) is 0 Å². The summed E-state index contributed by atoms with van der Waals surface area (Å²) >= 11 is 0. The Morgan fingerprint density at radius 2 is 1.76 bits per heavy atom. The number of nitrogens with one attached hydrogen (secondary N) is 1. The van der Waals surface area contributed by atoms with Crippen molar-refractivity contribution in [3.8, 4) is 11.5 Å². The highest BCUT2D eigenvalue weighted by molar-refractivity contribution is 5.80. The number of aromatic amines is 1. The van der Waals surface area contributed by atoms with Gasteiger partial charge in [0.2, 0.25) is 0 Å². The Hall–Kier alpha value is -3.72. The number of ether oxygens (including phenoxy) is 2. The first kappa shape index (κ1) is 26.3. The number of pyridine rings is 1. The van der Waals surface area contributed by atoms with Crippen LogP contribution < -0.4 is 15.0 Å². The van der Waals surface area contributed by atoms with Crippen molar-refractivity contribution in [3.63, 3.8) is 0 Å². The predicted octanol–water partition coefficient (Wildman–Crippen LogP) is 4.83. The summed E-state index contributed by atoms with van der Waals surface area (Å²) in [4.78, 5) is 18.5. The average molecular weight is 505 g/mol. The molecule has 0 unspecified atom stereocenters. The van der Waals surface area contributed by atoms with Gasteiger partial charge in [-0.05, 0) is 86.5 Å². The molecule has 0 aliphatic carbocycles. The van der Waals surface area contributed by atoms with Gasteiger partial charge in [-0.2, -0.15) is 0 Å². The van der Waals surface area contributed by atoms with E-state index in [1.807, 2.05) is 60.1 Å². The molecule has 0 saturated carbocycles. The molecule has 2 aromatic heterocycles. The molecule has 196 valence electrons. The lowest BCUT2D eigenvalue weighted by Gasteiger charge is -2.32. The molecule has 2 aromatic carbocycles. The van der Waals surface area contributed by atoms with E-state index in [-0.39, 0.29) is 17.1 Å². The lowest BCUT2D eigenvalue weighted by Crippen LogP contribution is -2.35. The molecule has 1 atom stereocenters. The Morgan fingerprint density at radius 3 is 2.41 bits per heavy atom. The zero-order chi connectivity index (χ0) is 26.6. The Kier molecular flexibility index (Phi) is 7.92. The van der Waals surface area contributed by atoms with Gasteiger partial charge in [-0.25, -0.2) is 4.68 Å². The molecule has 0 spiro atoms. The van der Waals surface area contributed by atoms with Gasteiger partial charge in [-0.1, -0.05) is 19.1 Å². The lowest BCUT2D eigenvalue weighted by atomic mass is 10.0. The van der Waals surface area contributed by atoms with Crippen LogP contribution in [0.2, 0.25) is 0 Å². The van der Waals surface area contributed by atoms with Crippen LogP contribution >= 0.6 is 0 Å². The maximum absolute atomic E-state index is 13.2. The van der Waals surface area contributed by atoms with Crippen molar-refractivity contribution in [3.05, 3.63) is 75.8 Å². The summed E-state index contributed by atoms with van der Waals surface area (Å²) in [6.45, 7) is 11.9. The summed E-state index contributed by atoms with van der Waals surface area (Å²) in [6.07, 6.45) is 0.770. The quantitative estimate of drug-likeness (QED) is 0.330. The van der Waals surface area contributed by atoms with Gasteiger partial charge in [0.25, 0.3) is 5.56 Å². The summed E-state index contributed by atoms with van der Waals surface area (Å²) < 4.78 is 12.9. The van der Waals surface area contributed by atoms with Gasteiger partial charge >= 0.3 is 0 Å². The van der Waals surface area contributed by atoms with Crippen molar-refractivity contribution >= 4 is 10.9 Å². The number of methoxy groups -OCH3 is 1. The van der Waals surface area contributed by atoms with Crippen LogP contribution in [0.15, 0.2) is 53.3 Å². The van der Waals surface area contributed by atoms with Crippen molar-refractivity contribution in [2.45, 2.75) is 65.7 Å². The molecule has 0 bridgehead atoms. The molecular formula is C28H36N6O3. The van der Waals surface area contributed by atoms with Crippen LogP contribution in [0.3, 0.4) is 0 Å². The van der Waals surface area contributed by atoms with Crippen molar-refractivity contribution in [2.75, 3.05) is 13.7 Å². The normalized spacial score (nSPS) is 12.7. The fourth-order valence-electron chi connectivity index (χ4n) is 4.55. The second-order valence-electron chi connectivity index (χ2n) is 10.1. The number of hydrogen-bond donors (Lipinski definition) is 1.